The lowest BCUT2D eigenvalue weighted by Gasteiger charge is -2.38. The summed E-state index contributed by atoms with van der Waals surface area (Å²) in [6.07, 6.45) is 4.95. The molecule has 1 saturated carbocycles. The molecule has 2 fully saturated rings. The number of ether oxygens (including phenoxy) is 2. The third-order valence-corrected chi connectivity index (χ3v) is 5.86. The van der Waals surface area contributed by atoms with E-state index in [-0.39, 0.29) is 5.91 Å². The molecule has 1 aromatic rings. The monoisotopic (exact) mass is 361 g/mol. The number of hydrogen-bond acceptors (Lipinski definition) is 4. The zero-order valence-electron chi connectivity index (χ0n) is 15.5. The fourth-order valence-electron chi connectivity index (χ4n) is 4.40. The second-order valence-electron chi connectivity index (χ2n) is 7.29. The van der Waals surface area contributed by atoms with Crippen molar-refractivity contribution in [2.45, 2.75) is 43.9 Å². The van der Waals surface area contributed by atoms with Crippen LogP contribution < -0.4 is 9.47 Å². The molecule has 1 amide bonds. The predicted octanol–water partition coefficient (Wildman–Crippen LogP) is 2.84. The fraction of sp³-hybridized carbons (Fsp3) is 0.600. The molecule has 6 nitrogen and oxygen atoms in total. The van der Waals surface area contributed by atoms with E-state index in [4.69, 9.17) is 9.47 Å². The van der Waals surface area contributed by atoms with Crippen LogP contribution in [-0.4, -0.2) is 49.2 Å². The van der Waals surface area contributed by atoms with E-state index in [1.54, 1.807) is 19.1 Å². The van der Waals surface area contributed by atoms with Gasteiger partial charge in [-0.3, -0.25) is 9.59 Å². The molecule has 1 heterocycles. The summed E-state index contributed by atoms with van der Waals surface area (Å²) in [5.41, 5.74) is 0.357. The van der Waals surface area contributed by atoms with Crippen molar-refractivity contribution in [1.82, 2.24) is 4.90 Å². The van der Waals surface area contributed by atoms with Crippen molar-refractivity contribution >= 4 is 11.9 Å². The number of likely N-dealkylation sites (tertiary alicyclic amines) is 1. The van der Waals surface area contributed by atoms with Gasteiger partial charge in [-0.2, -0.15) is 0 Å². The lowest BCUT2D eigenvalue weighted by atomic mass is 9.76. The SMILES string of the molecule is COc1ccc(C2(C(=O)N3CCCC(C(=O)O)C3)CCCC2)cc1OC. The maximum absolute atomic E-state index is 13.5. The number of carbonyl (C=O) groups is 2. The Kier molecular flexibility index (Phi) is 5.39. The normalized spacial score (nSPS) is 22.1. The predicted molar refractivity (Wildman–Crippen MR) is 96.6 cm³/mol. The standard InChI is InChI=1S/C20H27NO5/c1-25-16-8-7-15(12-17(16)26-2)20(9-3-4-10-20)19(24)21-11-5-6-14(13-21)18(22)23/h7-8,12,14H,3-6,9-11,13H2,1-2H3,(H,22,23). The summed E-state index contributed by atoms with van der Waals surface area (Å²) >= 11 is 0. The summed E-state index contributed by atoms with van der Waals surface area (Å²) in [4.78, 5) is 26.7. The number of hydrogen-bond donors (Lipinski definition) is 1. The third kappa shape index (κ3) is 3.24. The van der Waals surface area contributed by atoms with Gasteiger partial charge < -0.3 is 19.5 Å². The van der Waals surface area contributed by atoms with Crippen LogP contribution in [0.3, 0.4) is 0 Å². The van der Waals surface area contributed by atoms with Gasteiger partial charge in [0.15, 0.2) is 11.5 Å². The Morgan fingerprint density at radius 1 is 1.12 bits per heavy atom. The number of amides is 1. The average molecular weight is 361 g/mol. The van der Waals surface area contributed by atoms with Crippen molar-refractivity contribution in [2.75, 3.05) is 27.3 Å². The maximum Gasteiger partial charge on any atom is 0.308 e. The number of carbonyl (C=O) groups excluding carboxylic acids is 1. The molecule has 1 N–H and O–H groups in total. The highest BCUT2D eigenvalue weighted by atomic mass is 16.5. The number of aliphatic carboxylic acids is 1. The van der Waals surface area contributed by atoms with Gasteiger partial charge in [0, 0.05) is 13.1 Å². The number of rotatable bonds is 5. The minimum Gasteiger partial charge on any atom is -0.493 e. The largest absolute Gasteiger partial charge is 0.493 e. The first-order valence-corrected chi connectivity index (χ1v) is 9.26. The Morgan fingerprint density at radius 2 is 1.81 bits per heavy atom. The summed E-state index contributed by atoms with van der Waals surface area (Å²) in [7, 11) is 3.18. The van der Waals surface area contributed by atoms with Crippen LogP contribution in [0, 0.1) is 5.92 Å². The second kappa shape index (κ2) is 7.56. The van der Waals surface area contributed by atoms with Crippen molar-refractivity contribution in [1.29, 1.82) is 0 Å². The highest BCUT2D eigenvalue weighted by Gasteiger charge is 2.46. The van der Waals surface area contributed by atoms with Gasteiger partial charge in [0.2, 0.25) is 5.91 Å². The van der Waals surface area contributed by atoms with Crippen LogP contribution in [0.4, 0.5) is 0 Å². The van der Waals surface area contributed by atoms with Crippen LogP contribution in [0.5, 0.6) is 11.5 Å². The van der Waals surface area contributed by atoms with E-state index < -0.39 is 17.3 Å². The van der Waals surface area contributed by atoms with E-state index >= 15 is 0 Å². The average Bonchev–Trinajstić information content (AvgIpc) is 3.18. The smallest absolute Gasteiger partial charge is 0.308 e. The van der Waals surface area contributed by atoms with Gasteiger partial charge in [-0.1, -0.05) is 18.9 Å². The topological polar surface area (TPSA) is 76.1 Å². The van der Waals surface area contributed by atoms with Gasteiger partial charge in [-0.15, -0.1) is 0 Å². The fourth-order valence-corrected chi connectivity index (χ4v) is 4.40. The third-order valence-electron chi connectivity index (χ3n) is 5.86. The highest BCUT2D eigenvalue weighted by Crippen LogP contribution is 2.45. The lowest BCUT2D eigenvalue weighted by molar-refractivity contribution is -0.147. The molecular formula is C20H27NO5. The van der Waals surface area contributed by atoms with Gasteiger partial charge in [0.1, 0.15) is 0 Å². The molecule has 1 aromatic carbocycles. The van der Waals surface area contributed by atoms with Crippen LogP contribution in [0.1, 0.15) is 44.1 Å². The van der Waals surface area contributed by atoms with E-state index in [1.807, 2.05) is 18.2 Å². The van der Waals surface area contributed by atoms with E-state index in [2.05, 4.69) is 0 Å². The molecule has 26 heavy (non-hydrogen) atoms. The molecule has 6 heteroatoms. The first kappa shape index (κ1) is 18.5. The van der Waals surface area contributed by atoms with E-state index in [9.17, 15) is 14.7 Å². The van der Waals surface area contributed by atoms with Crippen molar-refractivity contribution in [3.63, 3.8) is 0 Å². The molecule has 0 radical (unpaired) electrons. The Hall–Kier alpha value is -2.24. The van der Waals surface area contributed by atoms with E-state index in [1.165, 1.54) is 0 Å². The van der Waals surface area contributed by atoms with Gasteiger partial charge in [-0.05, 0) is 43.4 Å². The molecule has 0 aromatic heterocycles. The van der Waals surface area contributed by atoms with Gasteiger partial charge >= 0.3 is 5.97 Å². The van der Waals surface area contributed by atoms with Crippen molar-refractivity contribution in [3.05, 3.63) is 23.8 Å². The molecule has 1 unspecified atom stereocenters. The summed E-state index contributed by atoms with van der Waals surface area (Å²) in [5, 5.41) is 9.34. The van der Waals surface area contributed by atoms with E-state index in [0.717, 1.165) is 37.7 Å². The Bertz CT molecular complexity index is 681. The Morgan fingerprint density at radius 3 is 2.42 bits per heavy atom. The van der Waals surface area contributed by atoms with Crippen LogP contribution in [0.25, 0.3) is 0 Å². The Balaban J connectivity index is 1.93. The first-order valence-electron chi connectivity index (χ1n) is 9.26. The number of methoxy groups -OCH3 is 2. The molecule has 1 aliphatic carbocycles. The van der Waals surface area contributed by atoms with E-state index in [0.29, 0.717) is 31.0 Å². The minimum absolute atomic E-state index is 0.0631. The maximum atomic E-state index is 13.5. The Labute approximate surface area is 154 Å². The first-order chi connectivity index (χ1) is 12.5. The quantitative estimate of drug-likeness (QED) is 0.873. The number of carboxylic acid groups (broad SMARTS) is 1. The molecule has 3 rings (SSSR count). The summed E-state index contributed by atoms with van der Waals surface area (Å²) in [6.45, 7) is 0.945. The van der Waals surface area contributed by atoms with Crippen molar-refractivity contribution in [3.8, 4) is 11.5 Å². The molecule has 1 saturated heterocycles. The number of piperidine rings is 1. The summed E-state index contributed by atoms with van der Waals surface area (Å²) in [6, 6.07) is 5.70. The molecule has 0 spiro atoms. The summed E-state index contributed by atoms with van der Waals surface area (Å²) < 4.78 is 10.7. The zero-order chi connectivity index (χ0) is 18.7. The molecule has 1 atom stereocenters. The number of nitrogens with zero attached hydrogens (tertiary/aromatic N) is 1. The highest BCUT2D eigenvalue weighted by molar-refractivity contribution is 5.89. The van der Waals surface area contributed by atoms with Crippen LogP contribution >= 0.6 is 0 Å². The van der Waals surface area contributed by atoms with Crippen LogP contribution in [-0.2, 0) is 15.0 Å². The molecule has 1 aliphatic heterocycles. The second-order valence-corrected chi connectivity index (χ2v) is 7.29. The number of carboxylic acids is 1. The van der Waals surface area contributed by atoms with Gasteiger partial charge in [0.05, 0.1) is 25.6 Å². The molecule has 0 bridgehead atoms. The zero-order valence-corrected chi connectivity index (χ0v) is 15.5. The molecule has 2 aliphatic rings. The van der Waals surface area contributed by atoms with Crippen molar-refractivity contribution < 1.29 is 24.2 Å². The van der Waals surface area contributed by atoms with Crippen LogP contribution in [0.2, 0.25) is 0 Å². The van der Waals surface area contributed by atoms with Gasteiger partial charge in [-0.25, -0.2) is 0 Å². The minimum atomic E-state index is -0.811. The van der Waals surface area contributed by atoms with Crippen LogP contribution in [0.15, 0.2) is 18.2 Å². The lowest BCUT2D eigenvalue weighted by Crippen LogP contribution is -2.50. The van der Waals surface area contributed by atoms with Crippen molar-refractivity contribution in [2.24, 2.45) is 5.92 Å². The molecule has 142 valence electrons. The molecular weight excluding hydrogens is 334 g/mol. The number of benzene rings is 1. The van der Waals surface area contributed by atoms with Gasteiger partial charge in [0.25, 0.3) is 0 Å². The summed E-state index contributed by atoms with van der Waals surface area (Å²) in [5.74, 6) is 0.0470.